The molecule has 0 bridgehead atoms. The summed E-state index contributed by atoms with van der Waals surface area (Å²) in [4.78, 5) is 71.3. The van der Waals surface area contributed by atoms with Crippen LogP contribution in [0.15, 0.2) is 30.4 Å². The Balaban J connectivity index is 1.23. The average molecular weight is 698 g/mol. The SMILES string of the molecule is CC(C)(C)OC(=O)N[C@H]1CCCCC/C=C\[C@H]2C[C@@]2(C(=O)NCC2CC2)NC(=O)[C@@H]2C[C@@H](OC(=O)N3Cc4cccc(Cl)c4C3)CN2C1=O. The van der Waals surface area contributed by atoms with Crippen molar-refractivity contribution in [2.45, 2.75) is 121 Å². The van der Waals surface area contributed by atoms with Crippen LogP contribution in [-0.2, 0) is 36.9 Å². The van der Waals surface area contributed by atoms with Gasteiger partial charge in [-0.25, -0.2) is 9.59 Å². The van der Waals surface area contributed by atoms with E-state index >= 15 is 0 Å². The van der Waals surface area contributed by atoms with Gasteiger partial charge in [-0.15, -0.1) is 0 Å². The monoisotopic (exact) mass is 697 g/mol. The van der Waals surface area contributed by atoms with E-state index in [1.165, 1.54) is 4.90 Å². The summed E-state index contributed by atoms with van der Waals surface area (Å²) in [5.41, 5.74) is -0.0824. The molecule has 1 saturated heterocycles. The minimum atomic E-state index is -1.11. The van der Waals surface area contributed by atoms with E-state index in [1.807, 2.05) is 18.2 Å². The Morgan fingerprint density at radius 3 is 2.61 bits per heavy atom. The van der Waals surface area contributed by atoms with Gasteiger partial charge in [0.1, 0.15) is 29.3 Å². The summed E-state index contributed by atoms with van der Waals surface area (Å²) in [5.74, 6) is -0.862. The van der Waals surface area contributed by atoms with Crippen LogP contribution in [0.3, 0.4) is 0 Å². The van der Waals surface area contributed by atoms with Crippen LogP contribution in [0.4, 0.5) is 9.59 Å². The zero-order valence-corrected chi connectivity index (χ0v) is 29.4. The Morgan fingerprint density at radius 2 is 1.88 bits per heavy atom. The molecule has 3 aliphatic heterocycles. The number of amides is 5. The van der Waals surface area contributed by atoms with E-state index in [0.29, 0.717) is 49.8 Å². The van der Waals surface area contributed by atoms with Crippen LogP contribution in [0.2, 0.25) is 5.02 Å². The third-order valence-electron chi connectivity index (χ3n) is 10.0. The zero-order valence-electron chi connectivity index (χ0n) is 28.6. The van der Waals surface area contributed by atoms with Crippen LogP contribution in [0.25, 0.3) is 0 Å². The van der Waals surface area contributed by atoms with Gasteiger partial charge in [0.25, 0.3) is 0 Å². The maximum absolute atomic E-state index is 14.3. The number of rotatable bonds is 5. The number of hydrogen-bond acceptors (Lipinski definition) is 7. The molecular formula is C36H48ClN5O7. The molecule has 1 aromatic carbocycles. The summed E-state index contributed by atoms with van der Waals surface area (Å²) in [5, 5.41) is 9.40. The lowest BCUT2D eigenvalue weighted by Crippen LogP contribution is -2.58. The van der Waals surface area contributed by atoms with E-state index in [2.05, 4.69) is 22.0 Å². The van der Waals surface area contributed by atoms with Crippen molar-refractivity contribution < 1.29 is 33.4 Å². The average Bonchev–Trinajstić information content (AvgIpc) is 3.89. The van der Waals surface area contributed by atoms with Gasteiger partial charge >= 0.3 is 12.2 Å². The Kier molecular flexibility index (Phi) is 10.2. The predicted octanol–water partition coefficient (Wildman–Crippen LogP) is 4.58. The predicted molar refractivity (Wildman–Crippen MR) is 181 cm³/mol. The van der Waals surface area contributed by atoms with E-state index in [9.17, 15) is 24.0 Å². The molecule has 0 unspecified atom stereocenters. The standard InChI is InChI=1S/C36H48ClN5O7/c1-35(2,3)49-33(46)39-28-13-8-6-4-5-7-11-24-17-36(24,32(45)38-18-22-14-15-22)40-30(43)29-16-25(20-42(29)31(28)44)48-34(47)41-19-23-10-9-12-27(37)26(23)21-41/h7,9-12,22,24-25,28-29H,4-6,8,13-21H2,1-3H3,(H,38,45)(H,39,46)(H,40,43)/b11-7-/t24-,25+,28-,29-,36+/m0/s1. The lowest BCUT2D eigenvalue weighted by molar-refractivity contribution is -0.141. The van der Waals surface area contributed by atoms with Gasteiger partial charge in [-0.3, -0.25) is 19.3 Å². The second-order valence-electron chi connectivity index (χ2n) is 15.2. The first-order valence-electron chi connectivity index (χ1n) is 17.6. The maximum Gasteiger partial charge on any atom is 0.410 e. The van der Waals surface area contributed by atoms with Crippen molar-refractivity contribution in [2.24, 2.45) is 11.8 Å². The molecule has 3 heterocycles. The van der Waals surface area contributed by atoms with Crippen molar-refractivity contribution >= 4 is 41.5 Å². The highest BCUT2D eigenvalue weighted by atomic mass is 35.5. The summed E-state index contributed by atoms with van der Waals surface area (Å²) in [7, 11) is 0. The van der Waals surface area contributed by atoms with Crippen LogP contribution in [-0.4, -0.2) is 82.1 Å². The number of carbonyl (C=O) groups excluding carboxylic acids is 5. The summed E-state index contributed by atoms with van der Waals surface area (Å²) in [6, 6.07) is 3.55. The van der Waals surface area contributed by atoms with Gasteiger partial charge in [0.05, 0.1) is 13.1 Å². The number of fused-ring (bicyclic) bond motifs is 3. The molecule has 0 aromatic heterocycles. The first kappa shape index (κ1) is 35.0. The van der Waals surface area contributed by atoms with Crippen molar-refractivity contribution in [3.63, 3.8) is 0 Å². The smallest absolute Gasteiger partial charge is 0.410 e. The molecule has 49 heavy (non-hydrogen) atoms. The van der Waals surface area contributed by atoms with Crippen molar-refractivity contribution in [3.05, 3.63) is 46.5 Å². The zero-order chi connectivity index (χ0) is 34.9. The highest BCUT2D eigenvalue weighted by molar-refractivity contribution is 6.31. The quantitative estimate of drug-likeness (QED) is 0.382. The number of allylic oxidation sites excluding steroid dienone is 1. The third kappa shape index (κ3) is 8.33. The van der Waals surface area contributed by atoms with Gasteiger partial charge in [-0.05, 0) is 82.4 Å². The van der Waals surface area contributed by atoms with Gasteiger partial charge < -0.3 is 30.3 Å². The van der Waals surface area contributed by atoms with Gasteiger partial charge in [0.2, 0.25) is 17.7 Å². The topological polar surface area (TPSA) is 146 Å². The summed E-state index contributed by atoms with van der Waals surface area (Å²) < 4.78 is 11.4. The Morgan fingerprint density at radius 1 is 1.08 bits per heavy atom. The minimum Gasteiger partial charge on any atom is -0.444 e. The highest BCUT2D eigenvalue weighted by Gasteiger charge is 2.61. The highest BCUT2D eigenvalue weighted by Crippen LogP contribution is 2.46. The van der Waals surface area contributed by atoms with Gasteiger partial charge in [0.15, 0.2) is 0 Å². The molecule has 13 heteroatoms. The molecule has 266 valence electrons. The number of hydrogen-bond donors (Lipinski definition) is 3. The fourth-order valence-corrected chi connectivity index (χ4v) is 7.31. The Hall–Kier alpha value is -3.80. The lowest BCUT2D eigenvalue weighted by atomic mass is 10.0. The number of halogens is 1. The molecule has 2 aliphatic carbocycles. The third-order valence-corrected chi connectivity index (χ3v) is 10.4. The lowest BCUT2D eigenvalue weighted by Gasteiger charge is -2.30. The van der Waals surface area contributed by atoms with Crippen LogP contribution >= 0.6 is 11.6 Å². The molecule has 5 amide bonds. The second-order valence-corrected chi connectivity index (χ2v) is 15.6. The van der Waals surface area contributed by atoms with Crippen LogP contribution < -0.4 is 16.0 Å². The van der Waals surface area contributed by atoms with E-state index in [1.54, 1.807) is 31.7 Å². The normalized spacial score (nSPS) is 29.3. The summed E-state index contributed by atoms with van der Waals surface area (Å²) in [6.07, 6.45) is 8.18. The van der Waals surface area contributed by atoms with Gasteiger partial charge in [-0.1, -0.05) is 48.7 Å². The van der Waals surface area contributed by atoms with Crippen LogP contribution in [0.1, 0.15) is 89.7 Å². The molecule has 3 N–H and O–H groups in total. The van der Waals surface area contributed by atoms with E-state index in [4.69, 9.17) is 21.1 Å². The van der Waals surface area contributed by atoms with E-state index in [0.717, 1.165) is 43.2 Å². The maximum atomic E-state index is 14.3. The number of ether oxygens (including phenoxy) is 2. The Bertz CT molecular complexity index is 1510. The first-order chi connectivity index (χ1) is 23.3. The molecule has 0 spiro atoms. The second kappa shape index (κ2) is 14.2. The van der Waals surface area contributed by atoms with Gasteiger partial charge in [0, 0.05) is 30.5 Å². The molecule has 6 rings (SSSR count). The molecule has 2 saturated carbocycles. The van der Waals surface area contributed by atoms with Crippen molar-refractivity contribution in [1.29, 1.82) is 0 Å². The van der Waals surface area contributed by atoms with Gasteiger partial charge in [-0.2, -0.15) is 0 Å². The number of alkyl carbamates (subject to hydrolysis) is 1. The molecule has 1 aromatic rings. The summed E-state index contributed by atoms with van der Waals surface area (Å²) in [6.45, 7) is 6.39. The minimum absolute atomic E-state index is 0.0408. The van der Waals surface area contributed by atoms with E-state index < -0.39 is 53.3 Å². The van der Waals surface area contributed by atoms with Crippen molar-refractivity contribution in [2.75, 3.05) is 13.1 Å². The van der Waals surface area contributed by atoms with Crippen molar-refractivity contribution in [1.82, 2.24) is 25.8 Å². The van der Waals surface area contributed by atoms with E-state index in [-0.39, 0.29) is 24.8 Å². The number of benzene rings is 1. The Labute approximate surface area is 292 Å². The summed E-state index contributed by atoms with van der Waals surface area (Å²) >= 11 is 6.37. The molecular weight excluding hydrogens is 650 g/mol. The fourth-order valence-electron chi connectivity index (χ4n) is 7.06. The number of carbonyl (C=O) groups is 5. The largest absolute Gasteiger partial charge is 0.444 e. The van der Waals surface area contributed by atoms with Crippen LogP contribution in [0.5, 0.6) is 0 Å². The molecule has 0 radical (unpaired) electrons. The van der Waals surface area contributed by atoms with Crippen LogP contribution in [0, 0.1) is 11.8 Å². The first-order valence-corrected chi connectivity index (χ1v) is 18.0. The molecule has 5 aliphatic rings. The van der Waals surface area contributed by atoms with Crippen molar-refractivity contribution in [3.8, 4) is 0 Å². The molecule has 3 fully saturated rings. The molecule has 12 nitrogen and oxygen atoms in total. The fraction of sp³-hybridized carbons (Fsp3) is 0.639. The molecule has 5 atom stereocenters. The number of nitrogens with one attached hydrogen (secondary N) is 3. The number of nitrogens with zero attached hydrogens (tertiary/aromatic N) is 2.